The Hall–Kier alpha value is -1.10. The molecule has 2 fully saturated rings. The molecule has 1 aliphatic heterocycles. The van der Waals surface area contributed by atoms with Crippen LogP contribution in [0.4, 0.5) is 0 Å². The summed E-state index contributed by atoms with van der Waals surface area (Å²) in [4.78, 5) is 22.8. The molecule has 0 radical (unpaired) electrons. The minimum atomic E-state index is -0.203. The lowest BCUT2D eigenvalue weighted by molar-refractivity contribution is -0.127. The van der Waals surface area contributed by atoms with Crippen molar-refractivity contribution >= 4 is 11.8 Å². The number of hydrogen-bond donors (Lipinski definition) is 2. The van der Waals surface area contributed by atoms with Crippen LogP contribution < -0.4 is 10.6 Å². The minimum Gasteiger partial charge on any atom is -0.379 e. The van der Waals surface area contributed by atoms with Crippen LogP contribution in [0, 0.1) is 5.92 Å². The molecule has 1 aliphatic carbocycles. The molecule has 5 heteroatoms. The summed E-state index contributed by atoms with van der Waals surface area (Å²) in [6, 6.07) is 0.119. The van der Waals surface area contributed by atoms with Crippen LogP contribution in [0.25, 0.3) is 0 Å². The van der Waals surface area contributed by atoms with Gasteiger partial charge in [0.1, 0.15) is 0 Å². The highest BCUT2D eigenvalue weighted by Crippen LogP contribution is 2.22. The summed E-state index contributed by atoms with van der Waals surface area (Å²) in [6.45, 7) is 0.467. The molecule has 2 N–H and O–H groups in total. The van der Waals surface area contributed by atoms with Gasteiger partial charge in [-0.25, -0.2) is 0 Å². The van der Waals surface area contributed by atoms with Gasteiger partial charge in [0.05, 0.1) is 18.1 Å². The molecule has 1 saturated heterocycles. The molecule has 2 amide bonds. The normalized spacial score (nSPS) is 33.8. The van der Waals surface area contributed by atoms with Crippen molar-refractivity contribution in [3.63, 3.8) is 0 Å². The number of ether oxygens (including phenoxy) is 1. The Morgan fingerprint density at radius 1 is 1.50 bits per heavy atom. The summed E-state index contributed by atoms with van der Waals surface area (Å²) in [5, 5.41) is 5.66. The van der Waals surface area contributed by atoms with Gasteiger partial charge >= 0.3 is 0 Å². The number of amides is 2. The summed E-state index contributed by atoms with van der Waals surface area (Å²) in [5.41, 5.74) is 0. The first kappa shape index (κ1) is 11.4. The molecule has 90 valence electrons. The van der Waals surface area contributed by atoms with Gasteiger partial charge < -0.3 is 15.4 Å². The highest BCUT2D eigenvalue weighted by Gasteiger charge is 2.33. The molecule has 5 nitrogen and oxygen atoms in total. The molecule has 3 unspecified atom stereocenters. The van der Waals surface area contributed by atoms with Gasteiger partial charge in [0, 0.05) is 20.1 Å². The van der Waals surface area contributed by atoms with E-state index in [-0.39, 0.29) is 29.9 Å². The minimum absolute atomic E-state index is 0.0210. The van der Waals surface area contributed by atoms with Crippen molar-refractivity contribution in [2.45, 2.75) is 37.8 Å². The fourth-order valence-electron chi connectivity index (χ4n) is 2.46. The fraction of sp³-hybridized carbons (Fsp3) is 0.818. The van der Waals surface area contributed by atoms with E-state index < -0.39 is 0 Å². The Labute approximate surface area is 94.9 Å². The standard InChI is InChI=1S/C11H18N2O3/c1-16-9-4-2-3-8(9)13-11(15)7-5-10(14)12-6-7/h7-9H,2-6H2,1H3,(H,12,14)(H,13,15). The fourth-order valence-corrected chi connectivity index (χ4v) is 2.46. The number of nitrogens with one attached hydrogen (secondary N) is 2. The summed E-state index contributed by atoms with van der Waals surface area (Å²) < 4.78 is 5.31. The first-order valence-corrected chi connectivity index (χ1v) is 5.80. The average molecular weight is 226 g/mol. The summed E-state index contributed by atoms with van der Waals surface area (Å²) in [7, 11) is 1.68. The molecule has 0 aromatic rings. The van der Waals surface area contributed by atoms with Crippen LogP contribution in [0.15, 0.2) is 0 Å². The first-order chi connectivity index (χ1) is 7.70. The number of rotatable bonds is 3. The van der Waals surface area contributed by atoms with Crippen LogP contribution in [-0.4, -0.2) is 37.6 Å². The van der Waals surface area contributed by atoms with Gasteiger partial charge in [-0.1, -0.05) is 0 Å². The molecule has 2 rings (SSSR count). The third-order valence-electron chi connectivity index (χ3n) is 3.43. The zero-order valence-electron chi connectivity index (χ0n) is 9.49. The van der Waals surface area contributed by atoms with E-state index in [0.29, 0.717) is 13.0 Å². The van der Waals surface area contributed by atoms with Gasteiger partial charge in [-0.3, -0.25) is 9.59 Å². The molecule has 0 spiro atoms. The second-order valence-corrected chi connectivity index (χ2v) is 4.53. The maximum Gasteiger partial charge on any atom is 0.225 e. The van der Waals surface area contributed by atoms with Crippen LogP contribution in [0.1, 0.15) is 25.7 Å². The van der Waals surface area contributed by atoms with Gasteiger partial charge in [0.25, 0.3) is 0 Å². The maximum absolute atomic E-state index is 11.8. The van der Waals surface area contributed by atoms with Crippen molar-refractivity contribution in [3.8, 4) is 0 Å². The average Bonchev–Trinajstić information content (AvgIpc) is 2.86. The molecule has 16 heavy (non-hydrogen) atoms. The SMILES string of the molecule is COC1CCCC1NC(=O)C1CNC(=O)C1. The topological polar surface area (TPSA) is 67.4 Å². The number of hydrogen-bond acceptors (Lipinski definition) is 3. The lowest BCUT2D eigenvalue weighted by atomic mass is 10.1. The predicted molar refractivity (Wildman–Crippen MR) is 57.7 cm³/mol. The molecule has 1 saturated carbocycles. The molecule has 0 bridgehead atoms. The highest BCUT2D eigenvalue weighted by atomic mass is 16.5. The largest absolute Gasteiger partial charge is 0.379 e. The molecular weight excluding hydrogens is 208 g/mol. The van der Waals surface area contributed by atoms with Crippen molar-refractivity contribution in [3.05, 3.63) is 0 Å². The Bertz CT molecular complexity index is 293. The number of carbonyl (C=O) groups excluding carboxylic acids is 2. The van der Waals surface area contributed by atoms with Crippen LogP contribution in [0.5, 0.6) is 0 Å². The Balaban J connectivity index is 1.84. The summed E-state index contributed by atoms with van der Waals surface area (Å²) >= 11 is 0. The van der Waals surface area contributed by atoms with Crippen LogP contribution >= 0.6 is 0 Å². The third kappa shape index (κ3) is 2.35. The van der Waals surface area contributed by atoms with E-state index in [1.807, 2.05) is 0 Å². The Morgan fingerprint density at radius 2 is 2.31 bits per heavy atom. The van der Waals surface area contributed by atoms with Crippen molar-refractivity contribution in [2.24, 2.45) is 5.92 Å². The van der Waals surface area contributed by atoms with Gasteiger partial charge in [-0.2, -0.15) is 0 Å². The first-order valence-electron chi connectivity index (χ1n) is 5.80. The molecule has 1 heterocycles. The van der Waals surface area contributed by atoms with E-state index in [4.69, 9.17) is 4.74 Å². The van der Waals surface area contributed by atoms with Crippen molar-refractivity contribution < 1.29 is 14.3 Å². The Morgan fingerprint density at radius 3 is 2.94 bits per heavy atom. The molecule has 0 aromatic carbocycles. The molecule has 2 aliphatic rings. The number of methoxy groups -OCH3 is 1. The summed E-state index contributed by atoms with van der Waals surface area (Å²) in [6.07, 6.45) is 3.51. The maximum atomic E-state index is 11.8. The van der Waals surface area contributed by atoms with Gasteiger partial charge in [0.15, 0.2) is 0 Å². The molecule has 0 aromatic heterocycles. The monoisotopic (exact) mass is 226 g/mol. The third-order valence-corrected chi connectivity index (χ3v) is 3.43. The smallest absolute Gasteiger partial charge is 0.225 e. The van der Waals surface area contributed by atoms with Crippen molar-refractivity contribution in [1.82, 2.24) is 10.6 Å². The lowest BCUT2D eigenvalue weighted by Gasteiger charge is -2.21. The van der Waals surface area contributed by atoms with Crippen molar-refractivity contribution in [2.75, 3.05) is 13.7 Å². The quantitative estimate of drug-likeness (QED) is 0.700. The van der Waals surface area contributed by atoms with E-state index in [1.165, 1.54) is 0 Å². The van der Waals surface area contributed by atoms with Gasteiger partial charge in [-0.15, -0.1) is 0 Å². The van der Waals surface area contributed by atoms with Crippen LogP contribution in [0.3, 0.4) is 0 Å². The van der Waals surface area contributed by atoms with E-state index in [2.05, 4.69) is 10.6 Å². The van der Waals surface area contributed by atoms with Crippen LogP contribution in [0.2, 0.25) is 0 Å². The lowest BCUT2D eigenvalue weighted by Crippen LogP contribution is -2.44. The zero-order chi connectivity index (χ0) is 11.5. The second kappa shape index (κ2) is 4.82. The predicted octanol–water partition coefficient (Wildman–Crippen LogP) is -0.194. The van der Waals surface area contributed by atoms with Crippen molar-refractivity contribution in [1.29, 1.82) is 0 Å². The number of carbonyl (C=O) groups is 2. The van der Waals surface area contributed by atoms with E-state index in [1.54, 1.807) is 7.11 Å². The van der Waals surface area contributed by atoms with E-state index in [0.717, 1.165) is 19.3 Å². The zero-order valence-corrected chi connectivity index (χ0v) is 9.49. The summed E-state index contributed by atoms with van der Waals surface area (Å²) in [5.74, 6) is -0.257. The van der Waals surface area contributed by atoms with E-state index >= 15 is 0 Å². The highest BCUT2D eigenvalue weighted by molar-refractivity contribution is 5.89. The molecular formula is C11H18N2O3. The molecule has 3 atom stereocenters. The van der Waals surface area contributed by atoms with E-state index in [9.17, 15) is 9.59 Å². The Kier molecular flexibility index (Phi) is 3.43. The van der Waals surface area contributed by atoms with Gasteiger partial charge in [0.2, 0.25) is 11.8 Å². The second-order valence-electron chi connectivity index (χ2n) is 4.53. The van der Waals surface area contributed by atoms with Crippen LogP contribution in [-0.2, 0) is 14.3 Å². The van der Waals surface area contributed by atoms with Gasteiger partial charge in [-0.05, 0) is 19.3 Å².